The lowest BCUT2D eigenvalue weighted by molar-refractivity contribution is -0.00579. The molecular weight excluding hydrogens is 336 g/mol. The second-order valence-electron chi connectivity index (χ2n) is 7.90. The summed E-state index contributed by atoms with van der Waals surface area (Å²) in [5.41, 5.74) is 5.69. The van der Waals surface area contributed by atoms with Crippen LogP contribution in [0.1, 0.15) is 23.1 Å². The Kier molecular flexibility index (Phi) is 4.72. The molecule has 3 aromatic rings. The summed E-state index contributed by atoms with van der Waals surface area (Å²) < 4.78 is 0. The summed E-state index contributed by atoms with van der Waals surface area (Å²) in [5, 5.41) is 20.9. The van der Waals surface area contributed by atoms with E-state index in [9.17, 15) is 10.2 Å². The van der Waals surface area contributed by atoms with Gasteiger partial charge in [-0.25, -0.2) is 4.98 Å². The number of pyridine rings is 1. The number of nitrogens with zero attached hydrogens (tertiary/aromatic N) is 2. The van der Waals surface area contributed by atoms with Gasteiger partial charge in [-0.05, 0) is 49.6 Å². The summed E-state index contributed by atoms with van der Waals surface area (Å²) >= 11 is 0. The molecular formula is C23H26N2O2. The summed E-state index contributed by atoms with van der Waals surface area (Å²) in [6.45, 7) is 5.96. The van der Waals surface area contributed by atoms with Crippen LogP contribution in [0, 0.1) is 13.8 Å². The van der Waals surface area contributed by atoms with Crippen LogP contribution in [0.15, 0.2) is 48.5 Å². The molecule has 1 aromatic heterocycles. The highest BCUT2D eigenvalue weighted by atomic mass is 16.3. The predicted molar refractivity (Wildman–Crippen MR) is 109 cm³/mol. The molecule has 1 aliphatic rings. The van der Waals surface area contributed by atoms with Gasteiger partial charge in [0.05, 0.1) is 17.8 Å². The van der Waals surface area contributed by atoms with Crippen molar-refractivity contribution in [3.05, 3.63) is 65.2 Å². The molecule has 140 valence electrons. The Morgan fingerprint density at radius 2 is 1.89 bits per heavy atom. The smallest absolute Gasteiger partial charge is 0.102 e. The van der Waals surface area contributed by atoms with Crippen LogP contribution in [0.2, 0.25) is 0 Å². The second-order valence-corrected chi connectivity index (χ2v) is 7.90. The van der Waals surface area contributed by atoms with Crippen molar-refractivity contribution in [3.8, 4) is 11.3 Å². The number of benzene rings is 2. The fraction of sp³-hybridized carbons (Fsp3) is 0.348. The van der Waals surface area contributed by atoms with Crippen LogP contribution in [0.4, 0.5) is 0 Å². The first-order valence-electron chi connectivity index (χ1n) is 9.49. The molecule has 0 aliphatic carbocycles. The van der Waals surface area contributed by atoms with Gasteiger partial charge in [-0.1, -0.05) is 35.9 Å². The van der Waals surface area contributed by atoms with Crippen LogP contribution >= 0.6 is 0 Å². The van der Waals surface area contributed by atoms with E-state index < -0.39 is 5.60 Å². The van der Waals surface area contributed by atoms with Crippen LogP contribution in [0.3, 0.4) is 0 Å². The molecule has 2 aromatic carbocycles. The molecule has 1 saturated heterocycles. The van der Waals surface area contributed by atoms with E-state index >= 15 is 0 Å². The molecule has 0 radical (unpaired) electrons. The number of likely N-dealkylation sites (tertiary alicyclic amines) is 1. The summed E-state index contributed by atoms with van der Waals surface area (Å²) in [6, 6.07) is 17.0. The third-order valence-electron chi connectivity index (χ3n) is 5.44. The van der Waals surface area contributed by atoms with Crippen LogP contribution in [0.5, 0.6) is 0 Å². The minimum Gasteiger partial charge on any atom is -0.393 e. The Hall–Kier alpha value is -2.27. The second kappa shape index (κ2) is 7.04. The molecule has 0 bridgehead atoms. The predicted octanol–water partition coefficient (Wildman–Crippen LogP) is 3.45. The number of aliphatic hydroxyl groups excluding tert-OH is 1. The number of hydrogen-bond acceptors (Lipinski definition) is 4. The molecule has 0 amide bonds. The number of hydrogen-bond donors (Lipinski definition) is 2. The van der Waals surface area contributed by atoms with Gasteiger partial charge in [0.15, 0.2) is 0 Å². The first kappa shape index (κ1) is 18.1. The van der Waals surface area contributed by atoms with Crippen molar-refractivity contribution in [1.29, 1.82) is 0 Å². The van der Waals surface area contributed by atoms with Gasteiger partial charge < -0.3 is 10.2 Å². The Morgan fingerprint density at radius 1 is 1.07 bits per heavy atom. The molecule has 1 atom stereocenters. The first-order valence-corrected chi connectivity index (χ1v) is 9.49. The average molecular weight is 362 g/mol. The number of fused-ring (bicyclic) bond motifs is 1. The van der Waals surface area contributed by atoms with E-state index in [1.54, 1.807) is 0 Å². The Balaban J connectivity index is 1.78. The van der Waals surface area contributed by atoms with Crippen molar-refractivity contribution in [2.75, 3.05) is 19.7 Å². The van der Waals surface area contributed by atoms with E-state index in [1.165, 1.54) is 11.1 Å². The Bertz CT molecular complexity index is 985. The van der Waals surface area contributed by atoms with Crippen molar-refractivity contribution in [1.82, 2.24) is 9.88 Å². The van der Waals surface area contributed by atoms with Crippen molar-refractivity contribution in [2.45, 2.75) is 32.4 Å². The van der Waals surface area contributed by atoms with Gasteiger partial charge in [0.2, 0.25) is 0 Å². The van der Waals surface area contributed by atoms with Crippen LogP contribution in [-0.4, -0.2) is 45.4 Å². The quantitative estimate of drug-likeness (QED) is 0.746. The topological polar surface area (TPSA) is 56.6 Å². The van der Waals surface area contributed by atoms with Crippen molar-refractivity contribution >= 4 is 10.9 Å². The molecule has 2 heterocycles. The molecule has 1 unspecified atom stereocenters. The molecule has 1 aliphatic heterocycles. The van der Waals surface area contributed by atoms with Crippen LogP contribution < -0.4 is 0 Å². The van der Waals surface area contributed by atoms with Gasteiger partial charge in [-0.2, -0.15) is 0 Å². The highest BCUT2D eigenvalue weighted by Crippen LogP contribution is 2.30. The van der Waals surface area contributed by atoms with Crippen LogP contribution in [-0.2, 0) is 6.54 Å². The number of aryl methyl sites for hydroxylation is 2. The molecule has 4 nitrogen and oxygen atoms in total. The fourth-order valence-electron chi connectivity index (χ4n) is 3.93. The van der Waals surface area contributed by atoms with Gasteiger partial charge in [-0.15, -0.1) is 0 Å². The van der Waals surface area contributed by atoms with Gasteiger partial charge in [0.25, 0.3) is 0 Å². The lowest BCUT2D eigenvalue weighted by atomic mass is 10.0. The van der Waals surface area contributed by atoms with Crippen molar-refractivity contribution in [3.63, 3.8) is 0 Å². The molecule has 0 saturated carbocycles. The third-order valence-corrected chi connectivity index (χ3v) is 5.44. The highest BCUT2D eigenvalue weighted by molar-refractivity contribution is 5.84. The van der Waals surface area contributed by atoms with Gasteiger partial charge >= 0.3 is 0 Å². The zero-order valence-electron chi connectivity index (χ0n) is 15.9. The van der Waals surface area contributed by atoms with E-state index in [-0.39, 0.29) is 6.61 Å². The molecule has 2 N–H and O–H groups in total. The minimum atomic E-state index is -0.981. The standard InChI is InChI=1S/C23H26N2O2/c1-16-4-3-5-19(10-16)22-20(13-25-9-8-23(27,14-25)15-26)12-18-7-6-17(2)11-21(18)24-22/h3-7,10-12,26-27H,8-9,13-15H2,1-2H3. The maximum atomic E-state index is 10.4. The summed E-state index contributed by atoms with van der Waals surface area (Å²) in [5.74, 6) is 0. The van der Waals surface area contributed by atoms with E-state index in [0.29, 0.717) is 19.5 Å². The number of aliphatic hydroxyl groups is 2. The van der Waals surface area contributed by atoms with Gasteiger partial charge in [-0.3, -0.25) is 4.90 Å². The Morgan fingerprint density at radius 3 is 2.63 bits per heavy atom. The van der Waals surface area contributed by atoms with Crippen LogP contribution in [0.25, 0.3) is 22.2 Å². The summed E-state index contributed by atoms with van der Waals surface area (Å²) in [6.07, 6.45) is 0.601. The van der Waals surface area contributed by atoms with E-state index in [4.69, 9.17) is 4.98 Å². The molecule has 4 heteroatoms. The van der Waals surface area contributed by atoms with Gasteiger partial charge in [0, 0.05) is 30.6 Å². The number of β-amino-alcohol motifs (C(OH)–C–C–N with tert-alkyl or cyclic N) is 1. The summed E-state index contributed by atoms with van der Waals surface area (Å²) in [7, 11) is 0. The van der Waals surface area contributed by atoms with Crippen molar-refractivity contribution in [2.24, 2.45) is 0 Å². The Labute approximate surface area is 160 Å². The SMILES string of the molecule is Cc1cccc(-c2nc3cc(C)ccc3cc2CN2CCC(O)(CO)C2)c1. The fourth-order valence-corrected chi connectivity index (χ4v) is 3.93. The number of aromatic nitrogens is 1. The zero-order chi connectivity index (χ0) is 19.0. The molecule has 0 spiro atoms. The van der Waals surface area contributed by atoms with Crippen molar-refractivity contribution < 1.29 is 10.2 Å². The molecule has 4 rings (SSSR count). The van der Waals surface area contributed by atoms with Gasteiger partial charge in [0.1, 0.15) is 5.60 Å². The summed E-state index contributed by atoms with van der Waals surface area (Å²) in [4.78, 5) is 7.21. The number of rotatable bonds is 4. The average Bonchev–Trinajstić information content (AvgIpc) is 3.03. The van der Waals surface area contributed by atoms with E-state index in [0.717, 1.165) is 34.3 Å². The first-order chi connectivity index (χ1) is 13.0. The van der Waals surface area contributed by atoms with E-state index in [1.807, 2.05) is 0 Å². The largest absolute Gasteiger partial charge is 0.393 e. The highest BCUT2D eigenvalue weighted by Gasteiger charge is 2.35. The zero-order valence-corrected chi connectivity index (χ0v) is 15.9. The maximum absolute atomic E-state index is 10.4. The molecule has 27 heavy (non-hydrogen) atoms. The lowest BCUT2D eigenvalue weighted by Crippen LogP contribution is -2.36. The van der Waals surface area contributed by atoms with E-state index in [2.05, 4.69) is 67.3 Å². The lowest BCUT2D eigenvalue weighted by Gasteiger charge is -2.22. The normalized spacial score (nSPS) is 20.4. The molecule has 1 fully saturated rings. The maximum Gasteiger partial charge on any atom is 0.102 e. The minimum absolute atomic E-state index is 0.191. The monoisotopic (exact) mass is 362 g/mol. The third kappa shape index (κ3) is 3.74.